The summed E-state index contributed by atoms with van der Waals surface area (Å²) in [7, 11) is 0. The molecule has 1 aromatic rings. The Labute approximate surface area is 123 Å². The van der Waals surface area contributed by atoms with Crippen molar-refractivity contribution in [3.8, 4) is 0 Å². The number of halogens is 1. The van der Waals surface area contributed by atoms with E-state index in [1.54, 1.807) is 4.88 Å². The molecule has 1 heterocycles. The first-order chi connectivity index (χ1) is 8.78. The van der Waals surface area contributed by atoms with Crippen molar-refractivity contribution in [1.82, 2.24) is 5.32 Å². The van der Waals surface area contributed by atoms with Crippen molar-refractivity contribution in [2.24, 2.45) is 5.92 Å². The van der Waals surface area contributed by atoms with E-state index in [1.165, 1.54) is 55.3 Å². The van der Waals surface area contributed by atoms with E-state index in [9.17, 15) is 0 Å². The van der Waals surface area contributed by atoms with Crippen LogP contribution in [0.5, 0.6) is 0 Å². The van der Waals surface area contributed by atoms with Crippen molar-refractivity contribution in [3.05, 3.63) is 20.8 Å². The lowest BCUT2D eigenvalue weighted by Crippen LogP contribution is -2.31. The van der Waals surface area contributed by atoms with Gasteiger partial charge in [-0.3, -0.25) is 0 Å². The molecule has 1 aliphatic rings. The smallest absolute Gasteiger partial charge is 0.0701 e. The predicted molar refractivity (Wildman–Crippen MR) is 84.4 cm³/mol. The van der Waals surface area contributed by atoms with E-state index >= 15 is 0 Å². The molecule has 0 aliphatic heterocycles. The summed E-state index contributed by atoms with van der Waals surface area (Å²) >= 11 is 5.47. The minimum atomic E-state index is 0.765. The highest BCUT2D eigenvalue weighted by Crippen LogP contribution is 2.30. The van der Waals surface area contributed by atoms with E-state index in [-0.39, 0.29) is 0 Å². The fourth-order valence-corrected chi connectivity index (χ4v) is 4.52. The van der Waals surface area contributed by atoms with E-state index in [0.29, 0.717) is 0 Å². The number of hydrogen-bond acceptors (Lipinski definition) is 2. The second-order valence-electron chi connectivity index (χ2n) is 5.45. The molecule has 1 nitrogen and oxygen atoms in total. The van der Waals surface area contributed by atoms with Crippen LogP contribution in [0.4, 0.5) is 0 Å². The first-order valence-electron chi connectivity index (χ1n) is 7.25. The maximum atomic E-state index is 3.73. The molecule has 3 heteroatoms. The molecule has 1 fully saturated rings. The van der Waals surface area contributed by atoms with E-state index in [4.69, 9.17) is 0 Å². The zero-order valence-electron chi connectivity index (χ0n) is 11.3. The van der Waals surface area contributed by atoms with Gasteiger partial charge in [0.25, 0.3) is 0 Å². The van der Waals surface area contributed by atoms with Crippen LogP contribution in [0, 0.1) is 5.92 Å². The van der Waals surface area contributed by atoms with Gasteiger partial charge in [-0.1, -0.05) is 26.2 Å². The predicted octanol–water partition coefficient (Wildman–Crippen LogP) is 5.00. The minimum Gasteiger partial charge on any atom is -0.314 e. The van der Waals surface area contributed by atoms with Crippen LogP contribution in [0.2, 0.25) is 0 Å². The lowest BCUT2D eigenvalue weighted by Gasteiger charge is -2.20. The van der Waals surface area contributed by atoms with Crippen molar-refractivity contribution < 1.29 is 0 Å². The van der Waals surface area contributed by atoms with Gasteiger partial charge in [0.1, 0.15) is 0 Å². The Kier molecular flexibility index (Phi) is 6.19. The van der Waals surface area contributed by atoms with Crippen LogP contribution in [0.25, 0.3) is 0 Å². The normalized spacial score (nSPS) is 25.0. The lowest BCUT2D eigenvalue weighted by molar-refractivity contribution is 0.386. The Morgan fingerprint density at radius 3 is 2.89 bits per heavy atom. The fraction of sp³-hybridized carbons (Fsp3) is 0.733. The largest absolute Gasteiger partial charge is 0.314 e. The molecule has 1 aliphatic carbocycles. The van der Waals surface area contributed by atoms with Gasteiger partial charge in [0.2, 0.25) is 0 Å². The lowest BCUT2D eigenvalue weighted by atomic mass is 9.94. The summed E-state index contributed by atoms with van der Waals surface area (Å²) in [6.45, 7) is 3.44. The van der Waals surface area contributed by atoms with Crippen LogP contribution in [-0.2, 0) is 6.42 Å². The quantitative estimate of drug-likeness (QED) is 0.749. The number of rotatable bonds is 5. The van der Waals surface area contributed by atoms with E-state index in [2.05, 4.69) is 40.3 Å². The number of nitrogens with one attached hydrogen (secondary N) is 1. The van der Waals surface area contributed by atoms with Crippen LogP contribution in [-0.4, -0.2) is 12.6 Å². The number of hydrogen-bond donors (Lipinski definition) is 1. The third-order valence-electron chi connectivity index (χ3n) is 3.83. The molecule has 0 amide bonds. The third-order valence-corrected chi connectivity index (χ3v) is 5.48. The Balaban J connectivity index is 1.86. The van der Waals surface area contributed by atoms with E-state index < -0.39 is 0 Å². The SMILES string of the molecule is CCCNC1CCCCC(Cc2ccc(Br)s2)C1. The summed E-state index contributed by atoms with van der Waals surface area (Å²) in [6.07, 6.45) is 9.52. The summed E-state index contributed by atoms with van der Waals surface area (Å²) < 4.78 is 1.27. The Hall–Kier alpha value is 0.140. The second-order valence-corrected chi connectivity index (χ2v) is 7.99. The molecular formula is C15H24BrNS. The maximum Gasteiger partial charge on any atom is 0.0701 e. The highest BCUT2D eigenvalue weighted by molar-refractivity contribution is 9.11. The fourth-order valence-electron chi connectivity index (χ4n) is 2.93. The molecular weight excluding hydrogens is 306 g/mol. The van der Waals surface area contributed by atoms with Crippen LogP contribution in [0.1, 0.15) is 50.3 Å². The van der Waals surface area contributed by atoms with Gasteiger partial charge in [-0.05, 0) is 66.2 Å². The highest BCUT2D eigenvalue weighted by Gasteiger charge is 2.20. The Morgan fingerprint density at radius 2 is 2.17 bits per heavy atom. The van der Waals surface area contributed by atoms with Crippen molar-refractivity contribution in [2.75, 3.05) is 6.54 Å². The van der Waals surface area contributed by atoms with Gasteiger partial charge in [-0.2, -0.15) is 0 Å². The molecule has 0 aromatic carbocycles. The molecule has 0 radical (unpaired) electrons. The molecule has 2 rings (SSSR count). The molecule has 2 unspecified atom stereocenters. The Bertz CT molecular complexity index is 350. The van der Waals surface area contributed by atoms with Gasteiger partial charge in [-0.25, -0.2) is 0 Å². The van der Waals surface area contributed by atoms with Gasteiger partial charge in [0, 0.05) is 10.9 Å². The van der Waals surface area contributed by atoms with Crippen molar-refractivity contribution in [3.63, 3.8) is 0 Å². The molecule has 18 heavy (non-hydrogen) atoms. The average Bonchev–Trinajstić information content (AvgIpc) is 2.63. The maximum absolute atomic E-state index is 3.73. The molecule has 102 valence electrons. The second kappa shape index (κ2) is 7.66. The minimum absolute atomic E-state index is 0.765. The van der Waals surface area contributed by atoms with E-state index in [1.807, 2.05) is 11.3 Å². The topological polar surface area (TPSA) is 12.0 Å². The summed E-state index contributed by atoms with van der Waals surface area (Å²) in [5.74, 6) is 0.882. The van der Waals surface area contributed by atoms with Crippen molar-refractivity contribution >= 4 is 27.3 Å². The molecule has 2 atom stereocenters. The van der Waals surface area contributed by atoms with Gasteiger partial charge in [0.15, 0.2) is 0 Å². The average molecular weight is 330 g/mol. The first kappa shape index (κ1) is 14.5. The van der Waals surface area contributed by atoms with E-state index in [0.717, 1.165) is 12.0 Å². The zero-order valence-corrected chi connectivity index (χ0v) is 13.7. The van der Waals surface area contributed by atoms with Gasteiger partial charge >= 0.3 is 0 Å². The first-order valence-corrected chi connectivity index (χ1v) is 8.86. The van der Waals surface area contributed by atoms with Crippen LogP contribution in [0.15, 0.2) is 15.9 Å². The van der Waals surface area contributed by atoms with Crippen LogP contribution >= 0.6 is 27.3 Å². The zero-order chi connectivity index (χ0) is 12.8. The van der Waals surface area contributed by atoms with Gasteiger partial charge in [0.05, 0.1) is 3.79 Å². The molecule has 0 saturated heterocycles. The summed E-state index contributed by atoms with van der Waals surface area (Å²) in [4.78, 5) is 1.54. The van der Waals surface area contributed by atoms with Gasteiger partial charge in [-0.15, -0.1) is 11.3 Å². The standard InChI is InChI=1S/C15H24BrNS/c1-2-9-17-13-6-4-3-5-12(10-13)11-14-7-8-15(16)18-14/h7-8,12-13,17H,2-6,9-11H2,1H3. The molecule has 0 bridgehead atoms. The summed E-state index contributed by atoms with van der Waals surface area (Å²) in [5, 5.41) is 3.73. The molecule has 1 saturated carbocycles. The molecule has 0 spiro atoms. The van der Waals surface area contributed by atoms with Crippen molar-refractivity contribution in [1.29, 1.82) is 0 Å². The van der Waals surface area contributed by atoms with Crippen LogP contribution in [0.3, 0.4) is 0 Å². The van der Waals surface area contributed by atoms with Crippen molar-refractivity contribution in [2.45, 2.75) is 57.9 Å². The van der Waals surface area contributed by atoms with Gasteiger partial charge < -0.3 is 5.32 Å². The molecule has 1 N–H and O–H groups in total. The monoisotopic (exact) mass is 329 g/mol. The Morgan fingerprint density at radius 1 is 1.33 bits per heavy atom. The highest BCUT2D eigenvalue weighted by atomic mass is 79.9. The molecule has 1 aromatic heterocycles. The summed E-state index contributed by atoms with van der Waals surface area (Å²) in [5.41, 5.74) is 0. The number of thiophene rings is 1. The van der Waals surface area contributed by atoms with Crippen LogP contribution < -0.4 is 5.32 Å². The third kappa shape index (κ3) is 4.67. The summed E-state index contributed by atoms with van der Waals surface area (Å²) in [6, 6.07) is 5.23.